The number of hydrogen-bond acceptors (Lipinski definition) is 0. The molecular formula is C12H20. The Labute approximate surface area is 76.4 Å². The van der Waals surface area contributed by atoms with Gasteiger partial charge in [0.25, 0.3) is 0 Å². The van der Waals surface area contributed by atoms with Gasteiger partial charge in [-0.25, -0.2) is 0 Å². The number of rotatable bonds is 4. The van der Waals surface area contributed by atoms with Gasteiger partial charge < -0.3 is 0 Å². The molecule has 0 fully saturated rings. The lowest BCUT2D eigenvalue weighted by Crippen LogP contribution is -2.01. The molecule has 0 aromatic rings. The van der Waals surface area contributed by atoms with Crippen molar-refractivity contribution in [3.05, 3.63) is 23.3 Å². The van der Waals surface area contributed by atoms with Crippen LogP contribution in [0.1, 0.15) is 46.5 Å². The molecule has 1 aliphatic rings. The molecule has 0 nitrogen and oxygen atoms in total. The molecule has 0 amide bonds. The second-order valence-corrected chi connectivity index (χ2v) is 3.74. The minimum absolute atomic E-state index is 0.778. The van der Waals surface area contributed by atoms with Crippen LogP contribution in [0.15, 0.2) is 23.3 Å². The molecule has 0 bridgehead atoms. The largest absolute Gasteiger partial charge is 0.0779 e. The Bertz CT molecular complexity index is 196. The van der Waals surface area contributed by atoms with Crippen LogP contribution in [0.2, 0.25) is 0 Å². The highest BCUT2D eigenvalue weighted by Crippen LogP contribution is 2.30. The fourth-order valence-electron chi connectivity index (χ4n) is 1.79. The van der Waals surface area contributed by atoms with Gasteiger partial charge in [-0.1, -0.05) is 39.3 Å². The predicted molar refractivity (Wildman–Crippen MR) is 55.1 cm³/mol. The Hall–Kier alpha value is -0.520. The van der Waals surface area contributed by atoms with Crippen molar-refractivity contribution < 1.29 is 0 Å². The van der Waals surface area contributed by atoms with Gasteiger partial charge in [0.15, 0.2) is 0 Å². The summed E-state index contributed by atoms with van der Waals surface area (Å²) < 4.78 is 0. The summed E-state index contributed by atoms with van der Waals surface area (Å²) in [7, 11) is 0. The van der Waals surface area contributed by atoms with Gasteiger partial charge in [-0.2, -0.15) is 0 Å². The van der Waals surface area contributed by atoms with Gasteiger partial charge in [0.2, 0.25) is 0 Å². The average Bonchev–Trinajstić information content (AvgIpc) is 2.00. The van der Waals surface area contributed by atoms with Crippen LogP contribution < -0.4 is 0 Å². The minimum atomic E-state index is 0.778. The van der Waals surface area contributed by atoms with Crippen molar-refractivity contribution >= 4 is 0 Å². The van der Waals surface area contributed by atoms with Crippen molar-refractivity contribution in [1.29, 1.82) is 0 Å². The molecular weight excluding hydrogens is 144 g/mol. The van der Waals surface area contributed by atoms with Crippen LogP contribution >= 0.6 is 0 Å². The summed E-state index contributed by atoms with van der Waals surface area (Å²) in [5.74, 6) is 0.778. The molecule has 12 heavy (non-hydrogen) atoms. The Balaban J connectivity index is 2.43. The summed E-state index contributed by atoms with van der Waals surface area (Å²) in [4.78, 5) is 0. The van der Waals surface area contributed by atoms with E-state index >= 15 is 0 Å². The third-order valence-corrected chi connectivity index (χ3v) is 2.59. The zero-order valence-corrected chi connectivity index (χ0v) is 8.56. The predicted octanol–water partition coefficient (Wildman–Crippen LogP) is 4.09. The molecule has 1 aliphatic carbocycles. The summed E-state index contributed by atoms with van der Waals surface area (Å²) in [6.07, 6.45) is 9.88. The SMILES string of the molecule is CCCC(C)C=C1CC=C1CC. The minimum Gasteiger partial charge on any atom is -0.0779 e. The van der Waals surface area contributed by atoms with E-state index in [2.05, 4.69) is 32.9 Å². The zero-order chi connectivity index (χ0) is 8.97. The summed E-state index contributed by atoms with van der Waals surface area (Å²) >= 11 is 0. The molecule has 0 N–H and O–H groups in total. The molecule has 0 spiro atoms. The normalized spacial score (nSPS) is 21.9. The molecule has 1 unspecified atom stereocenters. The molecule has 0 aromatic heterocycles. The zero-order valence-electron chi connectivity index (χ0n) is 8.56. The van der Waals surface area contributed by atoms with E-state index in [9.17, 15) is 0 Å². The van der Waals surface area contributed by atoms with Gasteiger partial charge in [0.05, 0.1) is 0 Å². The summed E-state index contributed by atoms with van der Waals surface area (Å²) in [6, 6.07) is 0. The topological polar surface area (TPSA) is 0 Å². The number of allylic oxidation sites excluding steroid dienone is 4. The quantitative estimate of drug-likeness (QED) is 0.587. The van der Waals surface area contributed by atoms with Crippen LogP contribution in [0, 0.1) is 5.92 Å². The van der Waals surface area contributed by atoms with Crippen LogP contribution in [-0.2, 0) is 0 Å². The van der Waals surface area contributed by atoms with Gasteiger partial charge in [0, 0.05) is 0 Å². The molecule has 0 aliphatic heterocycles. The van der Waals surface area contributed by atoms with Crippen molar-refractivity contribution in [1.82, 2.24) is 0 Å². The maximum absolute atomic E-state index is 2.46. The highest BCUT2D eigenvalue weighted by Gasteiger charge is 2.11. The van der Waals surface area contributed by atoms with Crippen LogP contribution in [0.3, 0.4) is 0 Å². The molecule has 0 saturated carbocycles. The van der Waals surface area contributed by atoms with E-state index in [4.69, 9.17) is 0 Å². The molecule has 0 radical (unpaired) electrons. The van der Waals surface area contributed by atoms with Crippen LogP contribution in [0.4, 0.5) is 0 Å². The highest BCUT2D eigenvalue weighted by atomic mass is 14.2. The van der Waals surface area contributed by atoms with E-state index in [1.807, 2.05) is 0 Å². The van der Waals surface area contributed by atoms with Crippen molar-refractivity contribution in [3.63, 3.8) is 0 Å². The Morgan fingerprint density at radius 2 is 2.25 bits per heavy atom. The van der Waals surface area contributed by atoms with E-state index in [0.29, 0.717) is 0 Å². The maximum Gasteiger partial charge on any atom is -0.00920 e. The van der Waals surface area contributed by atoms with Gasteiger partial charge in [-0.3, -0.25) is 0 Å². The van der Waals surface area contributed by atoms with E-state index in [1.165, 1.54) is 25.7 Å². The lowest BCUT2D eigenvalue weighted by Gasteiger charge is -2.19. The fraction of sp³-hybridized carbons (Fsp3) is 0.667. The first-order chi connectivity index (χ1) is 5.77. The van der Waals surface area contributed by atoms with Crippen molar-refractivity contribution in [2.45, 2.75) is 46.5 Å². The lowest BCUT2D eigenvalue weighted by atomic mass is 9.86. The monoisotopic (exact) mass is 164 g/mol. The Kier molecular flexibility index (Phi) is 3.58. The summed E-state index contributed by atoms with van der Waals surface area (Å²) in [5, 5.41) is 0. The first kappa shape index (κ1) is 9.57. The second kappa shape index (κ2) is 4.49. The highest BCUT2D eigenvalue weighted by molar-refractivity contribution is 5.41. The van der Waals surface area contributed by atoms with Gasteiger partial charge in [-0.15, -0.1) is 0 Å². The van der Waals surface area contributed by atoms with Gasteiger partial charge in [0.1, 0.15) is 0 Å². The van der Waals surface area contributed by atoms with E-state index in [-0.39, 0.29) is 0 Å². The van der Waals surface area contributed by atoms with E-state index in [1.54, 1.807) is 11.1 Å². The van der Waals surface area contributed by atoms with Gasteiger partial charge in [-0.05, 0) is 36.3 Å². The fourth-order valence-corrected chi connectivity index (χ4v) is 1.79. The first-order valence-corrected chi connectivity index (χ1v) is 5.18. The number of hydrogen-bond donors (Lipinski definition) is 0. The molecule has 0 heterocycles. The molecule has 1 rings (SSSR count). The molecule has 0 saturated heterocycles. The lowest BCUT2D eigenvalue weighted by molar-refractivity contribution is 0.627. The van der Waals surface area contributed by atoms with Crippen molar-refractivity contribution in [2.24, 2.45) is 5.92 Å². The second-order valence-electron chi connectivity index (χ2n) is 3.74. The summed E-state index contributed by atoms with van der Waals surface area (Å²) in [6.45, 7) is 6.82. The standard InChI is InChI=1S/C12H20/c1-4-6-10(3)9-12-8-7-11(12)5-2/h7,9-10H,4-6,8H2,1-3H3. The third kappa shape index (κ3) is 2.23. The molecule has 1 atom stereocenters. The maximum atomic E-state index is 2.46. The molecule has 0 heteroatoms. The Morgan fingerprint density at radius 1 is 1.50 bits per heavy atom. The first-order valence-electron chi connectivity index (χ1n) is 5.18. The third-order valence-electron chi connectivity index (χ3n) is 2.59. The van der Waals surface area contributed by atoms with Crippen LogP contribution in [-0.4, -0.2) is 0 Å². The van der Waals surface area contributed by atoms with Crippen molar-refractivity contribution in [2.75, 3.05) is 0 Å². The van der Waals surface area contributed by atoms with Crippen molar-refractivity contribution in [3.8, 4) is 0 Å². The van der Waals surface area contributed by atoms with Gasteiger partial charge >= 0.3 is 0 Å². The van der Waals surface area contributed by atoms with Crippen LogP contribution in [0.25, 0.3) is 0 Å². The van der Waals surface area contributed by atoms with Crippen LogP contribution in [0.5, 0.6) is 0 Å². The van der Waals surface area contributed by atoms with E-state index < -0.39 is 0 Å². The Morgan fingerprint density at radius 3 is 2.67 bits per heavy atom. The smallest absolute Gasteiger partial charge is 0.00920 e. The molecule has 0 aromatic carbocycles. The van der Waals surface area contributed by atoms with E-state index in [0.717, 1.165) is 5.92 Å². The molecule has 68 valence electrons. The summed E-state index contributed by atoms with van der Waals surface area (Å²) in [5.41, 5.74) is 3.19. The average molecular weight is 164 g/mol.